The van der Waals surface area contributed by atoms with Crippen LogP contribution in [0.1, 0.15) is 49.1 Å². The van der Waals surface area contributed by atoms with Gasteiger partial charge in [0.2, 0.25) is 0 Å². The zero-order chi connectivity index (χ0) is 11.0. The molecule has 0 aromatic carbocycles. The van der Waals surface area contributed by atoms with Crippen LogP contribution < -0.4 is 5.32 Å². The second-order valence-corrected chi connectivity index (χ2v) is 5.00. The van der Waals surface area contributed by atoms with Gasteiger partial charge in [-0.25, -0.2) is 0 Å². The third-order valence-electron chi connectivity index (χ3n) is 4.04. The van der Waals surface area contributed by atoms with E-state index in [-0.39, 0.29) is 0 Å². The molecule has 2 heterocycles. The van der Waals surface area contributed by atoms with E-state index in [0.717, 1.165) is 12.5 Å². The van der Waals surface area contributed by atoms with Crippen LogP contribution in [0.3, 0.4) is 0 Å². The molecule has 0 radical (unpaired) electrons. The molecule has 3 heteroatoms. The Balaban J connectivity index is 1.97. The molecule has 1 N–H and O–H groups in total. The quantitative estimate of drug-likeness (QED) is 0.823. The van der Waals surface area contributed by atoms with Gasteiger partial charge in [-0.05, 0) is 57.7 Å². The van der Waals surface area contributed by atoms with E-state index in [0.29, 0.717) is 0 Å². The Labute approximate surface area is 97.2 Å². The highest BCUT2D eigenvalue weighted by atomic mass is 15.3. The van der Waals surface area contributed by atoms with E-state index in [4.69, 9.17) is 5.10 Å². The van der Waals surface area contributed by atoms with Crippen LogP contribution in [0.5, 0.6) is 0 Å². The molecule has 0 bridgehead atoms. The van der Waals surface area contributed by atoms with Gasteiger partial charge < -0.3 is 5.32 Å². The molecule has 0 spiro atoms. The standard InChI is InChI=1S/C13H21N3/c1-2-16-13(10-6-8-14-9-7-10)11-4-3-5-12(11)15-16/h10,14H,2-9H2,1H3. The summed E-state index contributed by atoms with van der Waals surface area (Å²) >= 11 is 0. The fraction of sp³-hybridized carbons (Fsp3) is 0.769. The van der Waals surface area contributed by atoms with Crippen LogP contribution in [0.4, 0.5) is 0 Å². The van der Waals surface area contributed by atoms with Crippen LogP contribution in [0.15, 0.2) is 0 Å². The summed E-state index contributed by atoms with van der Waals surface area (Å²) in [5.41, 5.74) is 4.58. The Bertz CT molecular complexity index is 375. The number of fused-ring (bicyclic) bond motifs is 1. The third-order valence-corrected chi connectivity index (χ3v) is 4.04. The first-order valence-corrected chi connectivity index (χ1v) is 6.69. The van der Waals surface area contributed by atoms with Gasteiger partial charge in [0.1, 0.15) is 0 Å². The summed E-state index contributed by atoms with van der Waals surface area (Å²) in [6, 6.07) is 0. The highest BCUT2D eigenvalue weighted by Gasteiger charge is 2.27. The van der Waals surface area contributed by atoms with Crippen molar-refractivity contribution in [2.24, 2.45) is 0 Å². The topological polar surface area (TPSA) is 29.9 Å². The van der Waals surface area contributed by atoms with Crippen molar-refractivity contribution in [1.82, 2.24) is 15.1 Å². The zero-order valence-electron chi connectivity index (χ0n) is 10.1. The van der Waals surface area contributed by atoms with Crippen LogP contribution in [0.2, 0.25) is 0 Å². The molecule has 0 amide bonds. The van der Waals surface area contributed by atoms with Crippen molar-refractivity contribution in [2.45, 2.75) is 51.5 Å². The molecule has 1 aliphatic carbocycles. The summed E-state index contributed by atoms with van der Waals surface area (Å²) in [6.07, 6.45) is 6.38. The monoisotopic (exact) mass is 219 g/mol. The highest BCUT2D eigenvalue weighted by Crippen LogP contribution is 2.34. The first-order chi connectivity index (χ1) is 7.90. The normalized spacial score (nSPS) is 21.3. The van der Waals surface area contributed by atoms with Gasteiger partial charge in [0.25, 0.3) is 0 Å². The van der Waals surface area contributed by atoms with E-state index in [2.05, 4.69) is 16.9 Å². The number of piperidine rings is 1. The minimum absolute atomic E-state index is 0.760. The van der Waals surface area contributed by atoms with Gasteiger partial charge in [0, 0.05) is 18.2 Å². The van der Waals surface area contributed by atoms with Crippen molar-refractivity contribution < 1.29 is 0 Å². The molecule has 0 saturated carbocycles. The van der Waals surface area contributed by atoms with Crippen LogP contribution in [-0.2, 0) is 19.4 Å². The molecule has 0 atom stereocenters. The number of rotatable bonds is 2. The van der Waals surface area contributed by atoms with E-state index in [1.807, 2.05) is 0 Å². The lowest BCUT2D eigenvalue weighted by Crippen LogP contribution is -2.28. The van der Waals surface area contributed by atoms with Gasteiger partial charge in [-0.2, -0.15) is 5.10 Å². The van der Waals surface area contributed by atoms with Crippen molar-refractivity contribution in [3.63, 3.8) is 0 Å². The van der Waals surface area contributed by atoms with E-state index in [1.54, 1.807) is 11.3 Å². The lowest BCUT2D eigenvalue weighted by Gasteiger charge is -2.24. The molecule has 1 saturated heterocycles. The average molecular weight is 219 g/mol. The van der Waals surface area contributed by atoms with Gasteiger partial charge in [-0.3, -0.25) is 4.68 Å². The molecule has 1 fully saturated rings. The Hall–Kier alpha value is -0.830. The predicted molar refractivity (Wildman–Crippen MR) is 64.8 cm³/mol. The summed E-state index contributed by atoms with van der Waals surface area (Å²) in [7, 11) is 0. The smallest absolute Gasteiger partial charge is 0.0659 e. The third kappa shape index (κ3) is 1.58. The number of nitrogens with one attached hydrogen (secondary N) is 1. The second kappa shape index (κ2) is 4.21. The lowest BCUT2D eigenvalue weighted by molar-refractivity contribution is 0.429. The van der Waals surface area contributed by atoms with Gasteiger partial charge in [-0.1, -0.05) is 0 Å². The Kier molecular flexibility index (Phi) is 2.72. The van der Waals surface area contributed by atoms with E-state index in [1.165, 1.54) is 50.9 Å². The average Bonchev–Trinajstić information content (AvgIpc) is 2.89. The Morgan fingerprint density at radius 3 is 2.88 bits per heavy atom. The molecular weight excluding hydrogens is 198 g/mol. The molecule has 3 nitrogen and oxygen atoms in total. The van der Waals surface area contributed by atoms with Crippen molar-refractivity contribution in [1.29, 1.82) is 0 Å². The fourth-order valence-corrected chi connectivity index (χ4v) is 3.26. The maximum atomic E-state index is 4.78. The summed E-state index contributed by atoms with van der Waals surface area (Å²) in [5.74, 6) is 0.760. The maximum absolute atomic E-state index is 4.78. The Morgan fingerprint density at radius 2 is 2.12 bits per heavy atom. The van der Waals surface area contributed by atoms with E-state index < -0.39 is 0 Å². The van der Waals surface area contributed by atoms with Crippen molar-refractivity contribution >= 4 is 0 Å². The molecule has 88 valence electrons. The van der Waals surface area contributed by atoms with Crippen LogP contribution >= 0.6 is 0 Å². The number of hydrogen-bond donors (Lipinski definition) is 1. The van der Waals surface area contributed by atoms with Gasteiger partial charge in [-0.15, -0.1) is 0 Å². The van der Waals surface area contributed by atoms with Crippen LogP contribution in [-0.4, -0.2) is 22.9 Å². The number of aromatic nitrogens is 2. The molecule has 2 aliphatic rings. The van der Waals surface area contributed by atoms with Crippen molar-refractivity contribution in [2.75, 3.05) is 13.1 Å². The summed E-state index contributed by atoms with van der Waals surface area (Å²) in [6.45, 7) is 5.60. The molecular formula is C13H21N3. The Morgan fingerprint density at radius 1 is 1.31 bits per heavy atom. The highest BCUT2D eigenvalue weighted by molar-refractivity contribution is 5.33. The molecule has 1 aliphatic heterocycles. The van der Waals surface area contributed by atoms with Crippen LogP contribution in [0, 0.1) is 0 Å². The molecule has 0 unspecified atom stereocenters. The minimum atomic E-state index is 0.760. The van der Waals surface area contributed by atoms with Gasteiger partial charge >= 0.3 is 0 Å². The zero-order valence-corrected chi connectivity index (χ0v) is 10.1. The van der Waals surface area contributed by atoms with E-state index >= 15 is 0 Å². The first kappa shape index (κ1) is 10.3. The van der Waals surface area contributed by atoms with Gasteiger partial charge in [0.15, 0.2) is 0 Å². The molecule has 3 rings (SSSR count). The molecule has 1 aromatic rings. The fourth-order valence-electron chi connectivity index (χ4n) is 3.26. The molecule has 16 heavy (non-hydrogen) atoms. The maximum Gasteiger partial charge on any atom is 0.0659 e. The minimum Gasteiger partial charge on any atom is -0.317 e. The number of nitrogens with zero attached hydrogens (tertiary/aromatic N) is 2. The van der Waals surface area contributed by atoms with Gasteiger partial charge in [0.05, 0.1) is 5.69 Å². The van der Waals surface area contributed by atoms with Crippen molar-refractivity contribution in [3.8, 4) is 0 Å². The lowest BCUT2D eigenvalue weighted by atomic mass is 9.91. The second-order valence-electron chi connectivity index (χ2n) is 5.00. The summed E-state index contributed by atoms with van der Waals surface area (Å²) in [5, 5.41) is 8.23. The number of hydrogen-bond acceptors (Lipinski definition) is 2. The van der Waals surface area contributed by atoms with Crippen molar-refractivity contribution in [3.05, 3.63) is 17.0 Å². The largest absolute Gasteiger partial charge is 0.317 e. The summed E-state index contributed by atoms with van der Waals surface area (Å²) < 4.78 is 2.28. The molecule has 1 aromatic heterocycles. The summed E-state index contributed by atoms with van der Waals surface area (Å²) in [4.78, 5) is 0. The number of aryl methyl sites for hydroxylation is 2. The SMILES string of the molecule is CCn1nc2c(c1C1CCNCC1)CCC2. The van der Waals surface area contributed by atoms with Crippen LogP contribution in [0.25, 0.3) is 0 Å². The first-order valence-electron chi connectivity index (χ1n) is 6.69. The van der Waals surface area contributed by atoms with E-state index in [9.17, 15) is 0 Å². The predicted octanol–water partition coefficient (Wildman–Crippen LogP) is 1.86.